The van der Waals surface area contributed by atoms with E-state index in [0.29, 0.717) is 5.56 Å². The van der Waals surface area contributed by atoms with Crippen LogP contribution in [-0.4, -0.2) is 27.9 Å². The van der Waals surface area contributed by atoms with Crippen LogP contribution in [0.25, 0.3) is 0 Å². The molecule has 7 nitrogen and oxygen atoms in total. The first-order valence-electron chi connectivity index (χ1n) is 6.26. The maximum Gasteiger partial charge on any atom is 0.326 e. The van der Waals surface area contributed by atoms with Gasteiger partial charge in [-0.25, -0.2) is 4.79 Å². The summed E-state index contributed by atoms with van der Waals surface area (Å²) >= 11 is 0. The minimum Gasteiger partial charge on any atom is -0.480 e. The van der Waals surface area contributed by atoms with Crippen LogP contribution in [0.4, 0.5) is 5.69 Å². The van der Waals surface area contributed by atoms with E-state index in [1.54, 1.807) is 26.0 Å². The first kappa shape index (κ1) is 16.4. The summed E-state index contributed by atoms with van der Waals surface area (Å²) in [5.41, 5.74) is 0.406. The van der Waals surface area contributed by atoms with E-state index in [0.717, 1.165) is 6.07 Å². The van der Waals surface area contributed by atoms with Gasteiger partial charge in [-0.05, 0) is 31.9 Å². The zero-order valence-electron chi connectivity index (χ0n) is 11.7. The molecule has 0 aromatic heterocycles. The van der Waals surface area contributed by atoms with Gasteiger partial charge in [-0.3, -0.25) is 14.9 Å². The van der Waals surface area contributed by atoms with Crippen LogP contribution in [0.3, 0.4) is 0 Å². The molecule has 1 rings (SSSR count). The number of nitro benzene ring substituents is 1. The highest BCUT2D eigenvalue weighted by molar-refractivity contribution is 5.97. The number of non-ortho nitro benzene ring substituents is 1. The first-order chi connectivity index (χ1) is 9.85. The van der Waals surface area contributed by atoms with Gasteiger partial charge in [-0.2, -0.15) is 0 Å². The first-order valence-corrected chi connectivity index (χ1v) is 6.26. The number of hydrogen-bond donors (Lipinski definition) is 2. The summed E-state index contributed by atoms with van der Waals surface area (Å²) < 4.78 is 0. The number of nitrogens with one attached hydrogen (secondary N) is 1. The lowest BCUT2D eigenvalue weighted by Crippen LogP contribution is -2.40. The molecule has 0 spiro atoms. The molecule has 0 heterocycles. The van der Waals surface area contributed by atoms with Gasteiger partial charge in [0.15, 0.2) is 0 Å². The maximum atomic E-state index is 12.0. The maximum absolute atomic E-state index is 12.0. The number of carboxylic acids is 1. The van der Waals surface area contributed by atoms with E-state index in [1.807, 2.05) is 0 Å². The van der Waals surface area contributed by atoms with E-state index in [9.17, 15) is 19.7 Å². The number of carboxylic acid groups (broad SMARTS) is 1. The van der Waals surface area contributed by atoms with E-state index in [4.69, 9.17) is 5.11 Å². The molecule has 7 heteroatoms. The molecule has 112 valence electrons. The van der Waals surface area contributed by atoms with Crippen molar-refractivity contribution in [3.63, 3.8) is 0 Å². The second kappa shape index (κ2) is 7.18. The summed E-state index contributed by atoms with van der Waals surface area (Å²) in [6.45, 7) is 3.36. The van der Waals surface area contributed by atoms with Gasteiger partial charge in [0.25, 0.3) is 11.6 Å². The van der Waals surface area contributed by atoms with Gasteiger partial charge in [0.05, 0.1) is 4.92 Å². The second-order valence-corrected chi connectivity index (χ2v) is 4.48. The smallest absolute Gasteiger partial charge is 0.326 e. The van der Waals surface area contributed by atoms with Crippen molar-refractivity contribution >= 4 is 17.6 Å². The fourth-order valence-corrected chi connectivity index (χ4v) is 1.73. The van der Waals surface area contributed by atoms with Gasteiger partial charge in [-0.15, -0.1) is 0 Å². The van der Waals surface area contributed by atoms with Crippen LogP contribution < -0.4 is 5.32 Å². The van der Waals surface area contributed by atoms with Crippen molar-refractivity contribution in [2.24, 2.45) is 0 Å². The van der Waals surface area contributed by atoms with E-state index >= 15 is 0 Å². The molecule has 21 heavy (non-hydrogen) atoms. The molecule has 0 saturated carbocycles. The number of aliphatic carboxylic acids is 1. The number of amides is 1. The highest BCUT2D eigenvalue weighted by atomic mass is 16.6. The van der Waals surface area contributed by atoms with E-state index in [-0.39, 0.29) is 17.7 Å². The highest BCUT2D eigenvalue weighted by Gasteiger charge is 2.20. The van der Waals surface area contributed by atoms with Crippen molar-refractivity contribution in [3.05, 3.63) is 51.6 Å². The average molecular weight is 292 g/mol. The standard InChI is InChI=1S/C14H16N2O5/c1-3-4-5-12(14(18)19)15-13(17)10-6-9(2)7-11(8-10)16(20)21/h3-4,6-8,12H,5H2,1-2H3,(H,15,17)(H,18,19)/b4-3+. The Morgan fingerprint density at radius 2 is 2.10 bits per heavy atom. The second-order valence-electron chi connectivity index (χ2n) is 4.48. The summed E-state index contributed by atoms with van der Waals surface area (Å²) in [6, 6.07) is 2.85. The van der Waals surface area contributed by atoms with Crippen molar-refractivity contribution in [1.82, 2.24) is 5.32 Å². The molecule has 1 amide bonds. The third-order valence-corrected chi connectivity index (χ3v) is 2.75. The topological polar surface area (TPSA) is 110 Å². The number of nitro groups is 1. The van der Waals surface area contributed by atoms with Gasteiger partial charge in [-0.1, -0.05) is 12.2 Å². The number of carbonyl (C=O) groups is 2. The fourth-order valence-electron chi connectivity index (χ4n) is 1.73. The fraction of sp³-hybridized carbons (Fsp3) is 0.286. The van der Waals surface area contributed by atoms with Crippen LogP contribution in [0.5, 0.6) is 0 Å². The number of aryl methyl sites for hydroxylation is 1. The zero-order chi connectivity index (χ0) is 16.0. The van der Waals surface area contributed by atoms with Gasteiger partial charge < -0.3 is 10.4 Å². The molecular formula is C14H16N2O5. The van der Waals surface area contributed by atoms with Crippen molar-refractivity contribution in [3.8, 4) is 0 Å². The summed E-state index contributed by atoms with van der Waals surface area (Å²) in [7, 11) is 0. The largest absolute Gasteiger partial charge is 0.480 e. The van der Waals surface area contributed by atoms with E-state index in [1.165, 1.54) is 12.1 Å². The third-order valence-electron chi connectivity index (χ3n) is 2.75. The number of allylic oxidation sites excluding steroid dienone is 1. The quantitative estimate of drug-likeness (QED) is 0.473. The lowest BCUT2D eigenvalue weighted by Gasteiger charge is -2.12. The van der Waals surface area contributed by atoms with Crippen molar-refractivity contribution in [1.29, 1.82) is 0 Å². The summed E-state index contributed by atoms with van der Waals surface area (Å²) in [6.07, 6.45) is 3.45. The summed E-state index contributed by atoms with van der Waals surface area (Å²) in [5.74, 6) is -1.82. The van der Waals surface area contributed by atoms with Crippen LogP contribution in [0.1, 0.15) is 29.3 Å². The Morgan fingerprint density at radius 1 is 1.43 bits per heavy atom. The Kier molecular flexibility index (Phi) is 5.59. The van der Waals surface area contributed by atoms with Crippen molar-refractivity contribution in [2.75, 3.05) is 0 Å². The molecular weight excluding hydrogens is 276 g/mol. The average Bonchev–Trinajstić information content (AvgIpc) is 2.42. The lowest BCUT2D eigenvalue weighted by molar-refractivity contribution is -0.384. The number of carbonyl (C=O) groups excluding carboxylic acids is 1. The number of hydrogen-bond acceptors (Lipinski definition) is 4. The number of nitrogens with zero attached hydrogens (tertiary/aromatic N) is 1. The minimum atomic E-state index is -1.16. The zero-order valence-corrected chi connectivity index (χ0v) is 11.7. The lowest BCUT2D eigenvalue weighted by atomic mass is 10.1. The van der Waals surface area contributed by atoms with E-state index < -0.39 is 22.8 Å². The molecule has 0 aliphatic rings. The molecule has 0 aliphatic carbocycles. The minimum absolute atomic E-state index is 0.0634. The molecule has 0 radical (unpaired) electrons. The number of benzene rings is 1. The Hall–Kier alpha value is -2.70. The Morgan fingerprint density at radius 3 is 2.62 bits per heavy atom. The van der Waals surface area contributed by atoms with Crippen LogP contribution in [0.15, 0.2) is 30.4 Å². The molecule has 1 aromatic rings. The third kappa shape index (κ3) is 4.72. The van der Waals surface area contributed by atoms with Gasteiger partial charge in [0.2, 0.25) is 0 Å². The molecule has 0 fully saturated rings. The molecule has 1 aromatic carbocycles. The molecule has 0 saturated heterocycles. The molecule has 0 bridgehead atoms. The van der Waals surface area contributed by atoms with Crippen molar-refractivity contribution < 1.29 is 19.6 Å². The molecule has 1 atom stereocenters. The Labute approximate surface area is 121 Å². The summed E-state index contributed by atoms with van der Waals surface area (Å²) in [5, 5.41) is 22.2. The Bertz CT molecular complexity index is 595. The van der Waals surface area contributed by atoms with E-state index in [2.05, 4.69) is 5.32 Å². The van der Waals surface area contributed by atoms with Crippen LogP contribution >= 0.6 is 0 Å². The number of rotatable bonds is 6. The van der Waals surface area contributed by atoms with Crippen LogP contribution in [0.2, 0.25) is 0 Å². The molecule has 1 unspecified atom stereocenters. The van der Waals surface area contributed by atoms with Crippen LogP contribution in [0, 0.1) is 17.0 Å². The van der Waals surface area contributed by atoms with Gasteiger partial charge in [0.1, 0.15) is 6.04 Å². The van der Waals surface area contributed by atoms with Gasteiger partial charge in [0, 0.05) is 17.7 Å². The van der Waals surface area contributed by atoms with Crippen LogP contribution in [-0.2, 0) is 4.79 Å². The van der Waals surface area contributed by atoms with Crippen molar-refractivity contribution in [2.45, 2.75) is 26.3 Å². The predicted octanol–water partition coefficient (Wildman–Crippen LogP) is 2.05. The Balaban J connectivity index is 2.97. The normalized spacial score (nSPS) is 12.1. The SMILES string of the molecule is C/C=C/CC(NC(=O)c1cc(C)cc([N+](=O)[O-])c1)C(=O)O. The highest BCUT2D eigenvalue weighted by Crippen LogP contribution is 2.17. The predicted molar refractivity (Wildman–Crippen MR) is 76.2 cm³/mol. The molecule has 2 N–H and O–H groups in total. The molecule has 0 aliphatic heterocycles. The van der Waals surface area contributed by atoms with Gasteiger partial charge >= 0.3 is 5.97 Å². The monoisotopic (exact) mass is 292 g/mol. The summed E-state index contributed by atoms with van der Waals surface area (Å²) in [4.78, 5) is 33.3.